The highest BCUT2D eigenvalue weighted by Gasteiger charge is 2.03. The van der Waals surface area contributed by atoms with Crippen molar-refractivity contribution in [2.24, 2.45) is 0 Å². The third-order valence-electron chi connectivity index (χ3n) is 2.11. The smallest absolute Gasteiger partial charge is 0.220 e. The molecule has 0 saturated heterocycles. The van der Waals surface area contributed by atoms with Crippen molar-refractivity contribution in [1.82, 2.24) is 9.97 Å². The van der Waals surface area contributed by atoms with E-state index in [0.29, 0.717) is 17.0 Å². The summed E-state index contributed by atoms with van der Waals surface area (Å²) in [7, 11) is 0. The molecule has 0 unspecified atom stereocenters. The number of para-hydroxylation sites is 1. The van der Waals surface area contributed by atoms with E-state index in [1.807, 2.05) is 6.07 Å². The predicted octanol–water partition coefficient (Wildman–Crippen LogP) is 1.51. The van der Waals surface area contributed by atoms with Crippen LogP contribution in [0.4, 0.5) is 5.95 Å². The highest BCUT2D eigenvalue weighted by Crippen LogP contribution is 2.17. The van der Waals surface area contributed by atoms with Crippen molar-refractivity contribution in [2.75, 3.05) is 5.73 Å². The predicted molar refractivity (Wildman–Crippen MR) is 61.9 cm³/mol. The Labute approximate surface area is 98.5 Å². The Morgan fingerprint density at radius 3 is 2.88 bits per heavy atom. The number of nitrogens with two attached hydrogens (primary N) is 1. The first-order chi connectivity index (χ1) is 8.29. The number of hydrogen-bond acceptors (Lipinski definition) is 5. The van der Waals surface area contributed by atoms with Crippen LogP contribution in [0.3, 0.4) is 0 Å². The van der Waals surface area contributed by atoms with Crippen LogP contribution in [-0.4, -0.2) is 9.97 Å². The zero-order chi connectivity index (χ0) is 12.1. The zero-order valence-electron chi connectivity index (χ0n) is 9.00. The molecule has 0 fully saturated rings. The second kappa shape index (κ2) is 4.94. The number of aromatic nitrogens is 2. The van der Waals surface area contributed by atoms with Crippen molar-refractivity contribution in [1.29, 1.82) is 5.26 Å². The fourth-order valence-corrected chi connectivity index (χ4v) is 1.33. The Morgan fingerprint density at radius 2 is 2.12 bits per heavy atom. The third kappa shape index (κ3) is 2.69. The maximum atomic E-state index is 8.88. The SMILES string of the molecule is N#Cc1ccccc1OCc1ccnc(N)n1. The van der Waals surface area contributed by atoms with E-state index < -0.39 is 0 Å². The summed E-state index contributed by atoms with van der Waals surface area (Å²) in [5.74, 6) is 0.742. The first kappa shape index (κ1) is 10.9. The van der Waals surface area contributed by atoms with Gasteiger partial charge in [-0.05, 0) is 18.2 Å². The second-order valence-electron chi connectivity index (χ2n) is 3.30. The summed E-state index contributed by atoms with van der Waals surface area (Å²) < 4.78 is 5.50. The lowest BCUT2D eigenvalue weighted by Crippen LogP contribution is -2.02. The summed E-state index contributed by atoms with van der Waals surface area (Å²) in [6.45, 7) is 0.255. The van der Waals surface area contributed by atoms with Crippen LogP contribution in [0.25, 0.3) is 0 Å². The highest BCUT2D eigenvalue weighted by molar-refractivity contribution is 5.42. The topological polar surface area (TPSA) is 84.8 Å². The van der Waals surface area contributed by atoms with Crippen molar-refractivity contribution >= 4 is 5.95 Å². The number of benzene rings is 1. The molecule has 2 aromatic rings. The summed E-state index contributed by atoms with van der Waals surface area (Å²) in [4.78, 5) is 7.79. The number of nitrogens with zero attached hydrogens (tertiary/aromatic N) is 3. The maximum Gasteiger partial charge on any atom is 0.220 e. The van der Waals surface area contributed by atoms with Crippen molar-refractivity contribution < 1.29 is 4.74 Å². The number of rotatable bonds is 3. The first-order valence-corrected chi connectivity index (χ1v) is 4.99. The summed E-state index contributed by atoms with van der Waals surface area (Å²) >= 11 is 0. The van der Waals surface area contributed by atoms with Gasteiger partial charge in [-0.15, -0.1) is 0 Å². The molecule has 1 aromatic heterocycles. The largest absolute Gasteiger partial charge is 0.486 e. The van der Waals surface area contributed by atoms with Gasteiger partial charge in [-0.1, -0.05) is 12.1 Å². The Hall–Kier alpha value is -2.61. The average Bonchev–Trinajstić information content (AvgIpc) is 2.37. The lowest BCUT2D eigenvalue weighted by Gasteiger charge is -2.06. The molecule has 17 heavy (non-hydrogen) atoms. The Balaban J connectivity index is 2.10. The van der Waals surface area contributed by atoms with Gasteiger partial charge in [0.2, 0.25) is 5.95 Å². The van der Waals surface area contributed by atoms with Gasteiger partial charge in [-0.2, -0.15) is 5.26 Å². The minimum Gasteiger partial charge on any atom is -0.486 e. The summed E-state index contributed by atoms with van der Waals surface area (Å²) in [5.41, 5.74) is 6.62. The highest BCUT2D eigenvalue weighted by atomic mass is 16.5. The molecule has 0 aliphatic carbocycles. The van der Waals surface area contributed by atoms with Gasteiger partial charge >= 0.3 is 0 Å². The lowest BCUT2D eigenvalue weighted by molar-refractivity contribution is 0.300. The fraction of sp³-hybridized carbons (Fsp3) is 0.0833. The molecule has 0 saturated carbocycles. The number of ether oxygens (including phenoxy) is 1. The quantitative estimate of drug-likeness (QED) is 0.857. The van der Waals surface area contributed by atoms with E-state index in [2.05, 4.69) is 16.0 Å². The van der Waals surface area contributed by atoms with Crippen LogP contribution in [0.15, 0.2) is 36.5 Å². The molecule has 5 heteroatoms. The zero-order valence-corrected chi connectivity index (χ0v) is 9.00. The van der Waals surface area contributed by atoms with Crippen LogP contribution in [0.5, 0.6) is 5.75 Å². The van der Waals surface area contributed by atoms with E-state index in [4.69, 9.17) is 15.7 Å². The van der Waals surface area contributed by atoms with Crippen LogP contribution in [0.2, 0.25) is 0 Å². The molecule has 0 radical (unpaired) electrons. The molecule has 0 aliphatic heterocycles. The van der Waals surface area contributed by atoms with Gasteiger partial charge in [0.15, 0.2) is 0 Å². The number of nitrogen functional groups attached to an aromatic ring is 1. The van der Waals surface area contributed by atoms with E-state index in [1.165, 1.54) is 0 Å². The fourth-order valence-electron chi connectivity index (χ4n) is 1.33. The summed E-state index contributed by atoms with van der Waals surface area (Å²) in [5, 5.41) is 8.88. The van der Waals surface area contributed by atoms with Gasteiger partial charge in [0.05, 0.1) is 11.3 Å². The molecule has 0 atom stereocenters. The molecule has 0 spiro atoms. The van der Waals surface area contributed by atoms with E-state index >= 15 is 0 Å². The van der Waals surface area contributed by atoms with E-state index in [0.717, 1.165) is 0 Å². The molecular formula is C12H10N4O. The molecule has 1 aromatic carbocycles. The van der Waals surface area contributed by atoms with Crippen molar-refractivity contribution in [3.8, 4) is 11.8 Å². The molecule has 2 N–H and O–H groups in total. The Morgan fingerprint density at radius 1 is 1.29 bits per heavy atom. The van der Waals surface area contributed by atoms with Crippen molar-refractivity contribution in [2.45, 2.75) is 6.61 Å². The standard InChI is InChI=1S/C12H10N4O/c13-7-9-3-1-2-4-11(9)17-8-10-5-6-15-12(14)16-10/h1-6H,8H2,(H2,14,15,16). The first-order valence-electron chi connectivity index (χ1n) is 4.99. The van der Waals surface area contributed by atoms with Crippen LogP contribution in [0, 0.1) is 11.3 Å². The van der Waals surface area contributed by atoms with E-state index in [-0.39, 0.29) is 12.6 Å². The second-order valence-corrected chi connectivity index (χ2v) is 3.30. The third-order valence-corrected chi connectivity index (χ3v) is 2.11. The van der Waals surface area contributed by atoms with Crippen LogP contribution >= 0.6 is 0 Å². The molecule has 0 bridgehead atoms. The number of nitriles is 1. The normalized spacial score (nSPS) is 9.59. The number of anilines is 1. The molecule has 1 heterocycles. The molecular weight excluding hydrogens is 216 g/mol. The van der Waals surface area contributed by atoms with Gasteiger partial charge in [-0.25, -0.2) is 9.97 Å². The average molecular weight is 226 g/mol. The van der Waals surface area contributed by atoms with Gasteiger partial charge in [-0.3, -0.25) is 0 Å². The Bertz CT molecular complexity index is 562. The molecule has 5 nitrogen and oxygen atoms in total. The van der Waals surface area contributed by atoms with Crippen LogP contribution in [-0.2, 0) is 6.61 Å². The minimum absolute atomic E-state index is 0.208. The molecule has 0 aliphatic rings. The van der Waals surface area contributed by atoms with E-state index in [9.17, 15) is 0 Å². The van der Waals surface area contributed by atoms with E-state index in [1.54, 1.807) is 30.5 Å². The van der Waals surface area contributed by atoms with Gasteiger partial charge < -0.3 is 10.5 Å². The minimum atomic E-state index is 0.208. The summed E-state index contributed by atoms with van der Waals surface area (Å²) in [6, 6.07) is 10.8. The van der Waals surface area contributed by atoms with Gasteiger partial charge in [0, 0.05) is 6.20 Å². The van der Waals surface area contributed by atoms with Gasteiger partial charge in [0.1, 0.15) is 18.4 Å². The molecule has 84 valence electrons. The number of hydrogen-bond donors (Lipinski definition) is 1. The maximum absolute atomic E-state index is 8.88. The summed E-state index contributed by atoms with van der Waals surface area (Å²) in [6.07, 6.45) is 1.57. The lowest BCUT2D eigenvalue weighted by atomic mass is 10.2. The van der Waals surface area contributed by atoms with Crippen molar-refractivity contribution in [3.63, 3.8) is 0 Å². The van der Waals surface area contributed by atoms with Crippen molar-refractivity contribution in [3.05, 3.63) is 47.8 Å². The Kier molecular flexibility index (Phi) is 3.17. The van der Waals surface area contributed by atoms with Crippen LogP contribution < -0.4 is 10.5 Å². The van der Waals surface area contributed by atoms with Crippen LogP contribution in [0.1, 0.15) is 11.3 Å². The molecule has 2 rings (SSSR count). The van der Waals surface area contributed by atoms with Gasteiger partial charge in [0.25, 0.3) is 0 Å². The molecule has 0 amide bonds. The monoisotopic (exact) mass is 226 g/mol.